The summed E-state index contributed by atoms with van der Waals surface area (Å²) in [5, 5.41) is 16.0. The highest BCUT2D eigenvalue weighted by Crippen LogP contribution is 2.43. The van der Waals surface area contributed by atoms with Crippen LogP contribution in [0.15, 0.2) is 30.7 Å². The first-order chi connectivity index (χ1) is 22.3. The summed E-state index contributed by atoms with van der Waals surface area (Å²) in [4.78, 5) is 69.5. The predicted molar refractivity (Wildman–Crippen MR) is 166 cm³/mol. The zero-order chi connectivity index (χ0) is 32.9. The van der Waals surface area contributed by atoms with Gasteiger partial charge in [-0.05, 0) is 62.1 Å². The normalized spacial score (nSPS) is 21.4. The molecule has 0 radical (unpaired) electrons. The molecule has 4 amide bonds. The van der Waals surface area contributed by atoms with E-state index in [2.05, 4.69) is 25.9 Å². The summed E-state index contributed by atoms with van der Waals surface area (Å²) in [6, 6.07) is 5.68. The molecule has 2 aliphatic carbocycles. The van der Waals surface area contributed by atoms with Gasteiger partial charge in [0.1, 0.15) is 5.69 Å². The van der Waals surface area contributed by atoms with Crippen molar-refractivity contribution in [2.24, 2.45) is 11.3 Å². The molecule has 2 aromatic rings. The number of carboxylic acid groups (broad SMARTS) is 1. The van der Waals surface area contributed by atoms with Crippen LogP contribution in [-0.2, 0) is 25.6 Å². The minimum Gasteiger partial charge on any atom is -0.493 e. The summed E-state index contributed by atoms with van der Waals surface area (Å²) in [5.41, 5.74) is 0.350. The molecule has 1 aromatic carbocycles. The van der Waals surface area contributed by atoms with Gasteiger partial charge < -0.3 is 40.4 Å². The molecule has 2 heterocycles. The number of carbonyl (C=O) groups is 5. The number of hydrogen-bond acceptors (Lipinski definition) is 8. The van der Waals surface area contributed by atoms with Crippen LogP contribution in [0.4, 0.5) is 0 Å². The number of methoxy groups -OCH3 is 1. The Kier molecular flexibility index (Phi) is 12.4. The van der Waals surface area contributed by atoms with E-state index >= 15 is 0 Å². The molecule has 0 saturated heterocycles. The fourth-order valence-corrected chi connectivity index (χ4v) is 5.73. The van der Waals surface area contributed by atoms with Crippen LogP contribution in [0, 0.1) is 11.3 Å². The smallest absolute Gasteiger partial charge is 0.290 e. The lowest BCUT2D eigenvalue weighted by molar-refractivity contribution is -0.134. The highest BCUT2D eigenvalue weighted by molar-refractivity contribution is 5.92. The molecule has 2 bridgehead atoms. The van der Waals surface area contributed by atoms with Gasteiger partial charge in [-0.1, -0.05) is 18.9 Å². The zero-order valence-electron chi connectivity index (χ0n) is 26.2. The summed E-state index contributed by atoms with van der Waals surface area (Å²) in [6.07, 6.45) is 9.74. The average molecular weight is 641 g/mol. The molecule has 2 saturated carbocycles. The number of hydrogen-bond donors (Lipinski definition) is 5. The molecule has 1 aromatic heterocycles. The predicted octanol–water partition coefficient (Wildman–Crippen LogP) is 1.66. The fraction of sp³-hybridized carbons (Fsp3) is 0.562. The van der Waals surface area contributed by atoms with Crippen molar-refractivity contribution >= 4 is 30.1 Å². The van der Waals surface area contributed by atoms with E-state index in [0.717, 1.165) is 37.7 Å². The lowest BCUT2D eigenvalue weighted by atomic mass is 9.75. The first kappa shape index (κ1) is 34.3. The maximum atomic E-state index is 14.0. The molecular weight excluding hydrogens is 596 g/mol. The van der Waals surface area contributed by atoms with Crippen molar-refractivity contribution in [3.05, 3.63) is 42.0 Å². The van der Waals surface area contributed by atoms with E-state index in [0.29, 0.717) is 48.9 Å². The summed E-state index contributed by atoms with van der Waals surface area (Å²) >= 11 is 0. The first-order valence-electron chi connectivity index (χ1n) is 15.8. The number of benzene rings is 1. The van der Waals surface area contributed by atoms with Gasteiger partial charge in [0.25, 0.3) is 18.3 Å². The van der Waals surface area contributed by atoms with Gasteiger partial charge in [0.2, 0.25) is 11.8 Å². The zero-order valence-corrected chi connectivity index (χ0v) is 26.2. The number of carbonyl (C=O) groups excluding carboxylic acids is 4. The van der Waals surface area contributed by atoms with Crippen LogP contribution in [-0.4, -0.2) is 96.0 Å². The van der Waals surface area contributed by atoms with Crippen molar-refractivity contribution < 1.29 is 38.6 Å². The number of fused-ring (bicyclic) bond motifs is 2. The number of H-pyrrole nitrogens is 1. The van der Waals surface area contributed by atoms with Gasteiger partial charge >= 0.3 is 0 Å². The quantitative estimate of drug-likeness (QED) is 0.292. The number of imidazole rings is 1. The lowest BCUT2D eigenvalue weighted by Gasteiger charge is -2.37. The van der Waals surface area contributed by atoms with E-state index in [1.807, 2.05) is 12.1 Å². The molecule has 3 aliphatic rings. The molecule has 46 heavy (non-hydrogen) atoms. The second kappa shape index (κ2) is 16.6. The largest absolute Gasteiger partial charge is 0.493 e. The molecule has 0 spiro atoms. The number of rotatable bonds is 6. The summed E-state index contributed by atoms with van der Waals surface area (Å²) < 4.78 is 11.4. The first-order valence-corrected chi connectivity index (χ1v) is 15.8. The van der Waals surface area contributed by atoms with Crippen LogP contribution < -0.4 is 25.4 Å². The maximum Gasteiger partial charge on any atom is 0.290 e. The van der Waals surface area contributed by atoms with Crippen molar-refractivity contribution in [2.75, 3.05) is 39.9 Å². The van der Waals surface area contributed by atoms with E-state index in [1.165, 1.54) is 19.6 Å². The number of nitrogens with one attached hydrogen (secondary N) is 4. The van der Waals surface area contributed by atoms with Crippen LogP contribution >= 0.6 is 0 Å². The third-order valence-corrected chi connectivity index (χ3v) is 8.60. The Bertz CT molecular complexity index is 1340. The average Bonchev–Trinajstić information content (AvgIpc) is 3.66. The highest BCUT2D eigenvalue weighted by Gasteiger charge is 2.44. The van der Waals surface area contributed by atoms with E-state index in [4.69, 9.17) is 19.4 Å². The van der Waals surface area contributed by atoms with Crippen LogP contribution in [0.25, 0.3) is 0 Å². The standard InChI is InChI=1S/C31H42N6O6.CH2O2/c1-42-25-10-9-22-14-26(25)43-18-28(39)33-11-13-37(29(40)24-17-32-20-35-24)12-3-6-27(38)34-19-31(16-22,15-21-7-8-21)30(41)36-23-4-2-5-23;2-1-3/h9-10,14,17,20-21,23H,2-8,11-13,15-16,18-19H2,1H3,(H,32,35)(H,33,39)(H,34,38)(H,36,41);1H,(H,2,3). The van der Waals surface area contributed by atoms with Gasteiger partial charge in [-0.3, -0.25) is 24.0 Å². The minimum absolute atomic E-state index is 0.0344. The monoisotopic (exact) mass is 640 g/mol. The Labute approximate surface area is 268 Å². The fourth-order valence-electron chi connectivity index (χ4n) is 5.73. The number of ether oxygens (including phenoxy) is 2. The molecule has 1 atom stereocenters. The Hall–Kier alpha value is -4.62. The van der Waals surface area contributed by atoms with E-state index in [9.17, 15) is 19.2 Å². The van der Waals surface area contributed by atoms with Gasteiger partial charge in [0.15, 0.2) is 18.1 Å². The minimum atomic E-state index is -0.844. The van der Waals surface area contributed by atoms with Crippen molar-refractivity contribution in [1.82, 2.24) is 30.8 Å². The van der Waals surface area contributed by atoms with Gasteiger partial charge in [-0.2, -0.15) is 0 Å². The molecule has 5 rings (SSSR count). The van der Waals surface area contributed by atoms with Gasteiger partial charge in [-0.25, -0.2) is 4.98 Å². The Morgan fingerprint density at radius 1 is 1.15 bits per heavy atom. The topological polar surface area (TPSA) is 192 Å². The molecule has 1 aliphatic heterocycles. The number of aromatic amines is 1. The third kappa shape index (κ3) is 9.69. The Morgan fingerprint density at radius 3 is 2.59 bits per heavy atom. The van der Waals surface area contributed by atoms with Crippen LogP contribution in [0.3, 0.4) is 0 Å². The SMILES string of the molecule is COc1ccc2cc1OCC(=O)NCCN(C(=O)c1cnc[nH]1)CCCC(=O)NCC(CC1CC1)(C(=O)NC1CCC1)C2.O=CO. The van der Waals surface area contributed by atoms with Gasteiger partial charge in [0.05, 0.1) is 25.0 Å². The van der Waals surface area contributed by atoms with E-state index in [1.54, 1.807) is 11.0 Å². The summed E-state index contributed by atoms with van der Waals surface area (Å²) in [5.74, 6) is 0.492. The molecular formula is C32H44N6O8. The molecule has 2 fully saturated rings. The summed E-state index contributed by atoms with van der Waals surface area (Å²) in [7, 11) is 1.53. The number of amides is 4. The molecule has 14 nitrogen and oxygen atoms in total. The molecule has 250 valence electrons. The molecule has 5 N–H and O–H groups in total. The van der Waals surface area contributed by atoms with Crippen LogP contribution in [0.1, 0.15) is 67.4 Å². The highest BCUT2D eigenvalue weighted by atomic mass is 16.5. The van der Waals surface area contributed by atoms with Crippen molar-refractivity contribution in [2.45, 2.75) is 63.8 Å². The summed E-state index contributed by atoms with van der Waals surface area (Å²) in [6.45, 7) is 0.498. The Morgan fingerprint density at radius 2 is 1.93 bits per heavy atom. The molecule has 1 unspecified atom stereocenters. The van der Waals surface area contributed by atoms with Gasteiger partial charge in [0, 0.05) is 38.6 Å². The van der Waals surface area contributed by atoms with E-state index < -0.39 is 5.41 Å². The van der Waals surface area contributed by atoms with Gasteiger partial charge in [-0.15, -0.1) is 0 Å². The van der Waals surface area contributed by atoms with Crippen molar-refractivity contribution in [1.29, 1.82) is 0 Å². The second-order valence-electron chi connectivity index (χ2n) is 12.1. The lowest BCUT2D eigenvalue weighted by Crippen LogP contribution is -2.53. The number of nitrogens with zero attached hydrogens (tertiary/aromatic N) is 2. The van der Waals surface area contributed by atoms with Crippen molar-refractivity contribution in [3.8, 4) is 11.5 Å². The number of aromatic nitrogens is 2. The third-order valence-electron chi connectivity index (χ3n) is 8.60. The van der Waals surface area contributed by atoms with Crippen molar-refractivity contribution in [3.63, 3.8) is 0 Å². The Balaban J connectivity index is 0.00000154. The second-order valence-corrected chi connectivity index (χ2v) is 12.1. The maximum absolute atomic E-state index is 14.0. The van der Waals surface area contributed by atoms with Crippen LogP contribution in [0.5, 0.6) is 11.5 Å². The van der Waals surface area contributed by atoms with Crippen LogP contribution in [0.2, 0.25) is 0 Å². The molecule has 14 heteroatoms. The van der Waals surface area contributed by atoms with E-state index in [-0.39, 0.29) is 68.8 Å².